The quantitative estimate of drug-likeness (QED) is 0.358. The molecule has 3 N–H and O–H groups in total. The van der Waals surface area contributed by atoms with Gasteiger partial charge in [-0.25, -0.2) is 5.43 Å². The number of allylic oxidation sites excluding steroid dienone is 2. The number of benzene rings is 2. The first kappa shape index (κ1) is 23.0. The number of H-pyrrole nitrogens is 1. The van der Waals surface area contributed by atoms with Gasteiger partial charge in [-0.3, -0.25) is 19.4 Å². The molecule has 5 rings (SSSR count). The van der Waals surface area contributed by atoms with Crippen LogP contribution >= 0.6 is 0 Å². The predicted molar refractivity (Wildman–Crippen MR) is 135 cm³/mol. The molecule has 1 amide bonds. The Hall–Kier alpha value is -4.78. The first-order valence-electron chi connectivity index (χ1n) is 11.6. The van der Waals surface area contributed by atoms with Crippen molar-refractivity contribution >= 4 is 28.8 Å². The summed E-state index contributed by atoms with van der Waals surface area (Å²) in [5, 5.41) is 27.9. The maximum absolute atomic E-state index is 13.0. The zero-order valence-corrected chi connectivity index (χ0v) is 19.7. The van der Waals surface area contributed by atoms with Crippen LogP contribution in [0.4, 0.5) is 17.2 Å². The molecule has 3 aromatic rings. The van der Waals surface area contributed by atoms with Gasteiger partial charge in [-0.15, -0.1) is 5.11 Å². The highest BCUT2D eigenvalue weighted by molar-refractivity contribution is 5.90. The fourth-order valence-corrected chi connectivity index (χ4v) is 4.45. The third kappa shape index (κ3) is 4.59. The van der Waals surface area contributed by atoms with Gasteiger partial charge in [0.1, 0.15) is 12.5 Å². The zero-order valence-electron chi connectivity index (χ0n) is 19.7. The van der Waals surface area contributed by atoms with E-state index in [1.165, 1.54) is 0 Å². The van der Waals surface area contributed by atoms with Crippen LogP contribution in [0.2, 0.25) is 0 Å². The number of nitriles is 1. The van der Waals surface area contributed by atoms with Crippen LogP contribution in [0.3, 0.4) is 0 Å². The number of nitrogens with zero attached hydrogens (tertiary/aromatic N) is 5. The molecule has 10 nitrogen and oxygen atoms in total. The van der Waals surface area contributed by atoms with E-state index in [2.05, 4.69) is 31.2 Å². The van der Waals surface area contributed by atoms with Gasteiger partial charge in [0.05, 0.1) is 11.8 Å². The van der Waals surface area contributed by atoms with Crippen LogP contribution in [0.25, 0.3) is 0 Å². The highest BCUT2D eigenvalue weighted by Crippen LogP contribution is 2.43. The summed E-state index contributed by atoms with van der Waals surface area (Å²) in [5.74, 6) is 0.123. The number of amides is 1. The van der Waals surface area contributed by atoms with Crippen molar-refractivity contribution in [3.8, 4) is 6.07 Å². The normalized spacial score (nSPS) is 17.9. The van der Waals surface area contributed by atoms with Crippen LogP contribution in [0.1, 0.15) is 42.9 Å². The van der Waals surface area contributed by atoms with Crippen LogP contribution in [-0.4, -0.2) is 21.4 Å². The van der Waals surface area contributed by atoms with Crippen LogP contribution in [0, 0.1) is 18.3 Å². The van der Waals surface area contributed by atoms with E-state index >= 15 is 0 Å². The number of carbonyl (C=O) groups is 1. The van der Waals surface area contributed by atoms with Gasteiger partial charge in [0, 0.05) is 17.8 Å². The number of carbonyl (C=O) groups excluding carboxylic acids is 1. The summed E-state index contributed by atoms with van der Waals surface area (Å²) in [6.45, 7) is 2.00. The summed E-state index contributed by atoms with van der Waals surface area (Å²) in [7, 11) is 0. The van der Waals surface area contributed by atoms with E-state index in [4.69, 9.17) is 5.26 Å². The molecule has 0 spiro atoms. The lowest BCUT2D eigenvalue weighted by Gasteiger charge is -2.35. The third-order valence-electron chi connectivity index (χ3n) is 6.20. The fourth-order valence-electron chi connectivity index (χ4n) is 4.45. The maximum atomic E-state index is 13.0. The van der Waals surface area contributed by atoms with E-state index in [0.29, 0.717) is 30.8 Å². The number of aromatic amines is 1. The van der Waals surface area contributed by atoms with Crippen molar-refractivity contribution < 1.29 is 4.79 Å². The van der Waals surface area contributed by atoms with E-state index in [9.17, 15) is 9.59 Å². The van der Waals surface area contributed by atoms with Gasteiger partial charge in [0.15, 0.2) is 11.5 Å². The topological polar surface area (TPSA) is 140 Å². The Labute approximate surface area is 207 Å². The number of azo groups is 1. The van der Waals surface area contributed by atoms with Crippen molar-refractivity contribution in [2.75, 3.05) is 5.32 Å². The molecule has 10 heteroatoms. The number of hydrogen-bond donors (Lipinski definition) is 3. The van der Waals surface area contributed by atoms with E-state index in [-0.39, 0.29) is 23.7 Å². The fraction of sp³-hybridized carbons (Fsp3) is 0.231. The number of anilines is 1. The standard InChI is InChI=1S/C26H24N8O2/c1-16-7-9-18(10-8-16)29-32-23-25-28-21-12-11-19(30-31-22(35)13-14-27)15-20(21)24(34(25)33-26(23)36)17-5-3-2-4-6-17/h2-10,24,28H,11-13,15H2,1H3,(H,31,35)(H,33,36). The molecule has 0 fully saturated rings. The highest BCUT2D eigenvalue weighted by Gasteiger charge is 2.35. The number of aromatic nitrogens is 2. The lowest BCUT2D eigenvalue weighted by atomic mass is 9.85. The van der Waals surface area contributed by atoms with E-state index < -0.39 is 5.91 Å². The van der Waals surface area contributed by atoms with Gasteiger partial charge in [0.2, 0.25) is 0 Å². The SMILES string of the molecule is Cc1ccc(N=Nc2c3n([nH]c2=O)C(c2ccccc2)C2=C(CCC(=NNC(=O)CC#N)C2)N3)cc1. The predicted octanol–water partition coefficient (Wildman–Crippen LogP) is 4.74. The minimum absolute atomic E-state index is 0.214. The Balaban J connectivity index is 1.52. The zero-order chi connectivity index (χ0) is 25.1. The lowest BCUT2D eigenvalue weighted by molar-refractivity contribution is -0.120. The number of hydrogen-bond acceptors (Lipinski definition) is 7. The van der Waals surface area contributed by atoms with Gasteiger partial charge >= 0.3 is 0 Å². The van der Waals surface area contributed by atoms with Crippen molar-refractivity contribution in [2.45, 2.75) is 38.6 Å². The average Bonchev–Trinajstić information content (AvgIpc) is 3.20. The minimum Gasteiger partial charge on any atom is -0.342 e. The van der Waals surface area contributed by atoms with Crippen molar-refractivity contribution in [1.82, 2.24) is 15.2 Å². The Bertz CT molecular complexity index is 1490. The third-order valence-corrected chi connectivity index (χ3v) is 6.20. The highest BCUT2D eigenvalue weighted by atomic mass is 16.2. The molecule has 180 valence electrons. The Morgan fingerprint density at radius 3 is 2.67 bits per heavy atom. The molecule has 2 aliphatic rings. The van der Waals surface area contributed by atoms with Crippen LogP contribution < -0.4 is 16.3 Å². The molecule has 1 atom stereocenters. The molecule has 0 saturated heterocycles. The number of hydrazone groups is 1. The van der Waals surface area contributed by atoms with Crippen molar-refractivity contribution in [3.63, 3.8) is 0 Å². The first-order chi connectivity index (χ1) is 17.5. The Morgan fingerprint density at radius 1 is 1.14 bits per heavy atom. The van der Waals surface area contributed by atoms with E-state index in [0.717, 1.165) is 28.1 Å². The van der Waals surface area contributed by atoms with Crippen molar-refractivity contribution in [1.29, 1.82) is 5.26 Å². The summed E-state index contributed by atoms with van der Waals surface area (Å²) >= 11 is 0. The number of fused-ring (bicyclic) bond motifs is 1. The van der Waals surface area contributed by atoms with Gasteiger partial charge < -0.3 is 5.32 Å². The van der Waals surface area contributed by atoms with E-state index in [1.54, 1.807) is 4.68 Å². The van der Waals surface area contributed by atoms with Crippen LogP contribution in [0.5, 0.6) is 0 Å². The molecule has 2 heterocycles. The molecule has 0 bridgehead atoms. The summed E-state index contributed by atoms with van der Waals surface area (Å²) in [4.78, 5) is 24.7. The Morgan fingerprint density at radius 2 is 1.92 bits per heavy atom. The van der Waals surface area contributed by atoms with E-state index in [1.807, 2.05) is 67.6 Å². The summed E-state index contributed by atoms with van der Waals surface area (Å²) in [6.07, 6.45) is 1.55. The molecule has 0 saturated carbocycles. The molecule has 1 aromatic heterocycles. The molecule has 1 aliphatic carbocycles. The first-order valence-corrected chi connectivity index (χ1v) is 11.6. The number of nitrogens with one attached hydrogen (secondary N) is 3. The summed E-state index contributed by atoms with van der Waals surface area (Å²) in [5.41, 5.74) is 7.95. The number of aryl methyl sites for hydroxylation is 1. The van der Waals surface area contributed by atoms with Gasteiger partial charge in [0.25, 0.3) is 11.5 Å². The molecule has 1 aliphatic heterocycles. The smallest absolute Gasteiger partial charge is 0.294 e. The second-order valence-corrected chi connectivity index (χ2v) is 8.71. The molecule has 2 aromatic carbocycles. The Kier molecular flexibility index (Phi) is 6.28. The average molecular weight is 481 g/mol. The van der Waals surface area contributed by atoms with Crippen LogP contribution in [-0.2, 0) is 4.79 Å². The molecule has 0 radical (unpaired) electrons. The molecular formula is C26H24N8O2. The van der Waals surface area contributed by atoms with Gasteiger partial charge in [-0.05, 0) is 43.0 Å². The second-order valence-electron chi connectivity index (χ2n) is 8.71. The molecular weight excluding hydrogens is 456 g/mol. The largest absolute Gasteiger partial charge is 0.342 e. The number of rotatable bonds is 5. The lowest BCUT2D eigenvalue weighted by Crippen LogP contribution is -2.30. The van der Waals surface area contributed by atoms with Crippen molar-refractivity contribution in [2.24, 2.45) is 15.3 Å². The minimum atomic E-state index is -0.438. The van der Waals surface area contributed by atoms with Crippen molar-refractivity contribution in [3.05, 3.63) is 87.3 Å². The molecule has 36 heavy (non-hydrogen) atoms. The monoisotopic (exact) mass is 480 g/mol. The van der Waals surface area contributed by atoms with Crippen LogP contribution in [0.15, 0.2) is 86.0 Å². The maximum Gasteiger partial charge on any atom is 0.294 e. The summed E-state index contributed by atoms with van der Waals surface area (Å²) < 4.78 is 1.79. The second kappa shape index (κ2) is 9.84. The van der Waals surface area contributed by atoms with Gasteiger partial charge in [-0.1, -0.05) is 48.0 Å². The molecule has 1 unspecified atom stereocenters. The summed E-state index contributed by atoms with van der Waals surface area (Å²) in [6, 6.07) is 19.0. The van der Waals surface area contributed by atoms with Gasteiger partial charge in [-0.2, -0.15) is 15.5 Å².